The van der Waals surface area contributed by atoms with Crippen LogP contribution in [0.5, 0.6) is 0 Å². The molecule has 90 valence electrons. The predicted octanol–water partition coefficient (Wildman–Crippen LogP) is 2.74. The minimum absolute atomic E-state index is 0.346. The van der Waals surface area contributed by atoms with E-state index in [1.807, 2.05) is 6.07 Å². The Morgan fingerprint density at radius 1 is 1.29 bits per heavy atom. The molecule has 0 aliphatic carbocycles. The van der Waals surface area contributed by atoms with Crippen LogP contribution < -0.4 is 5.32 Å². The van der Waals surface area contributed by atoms with Crippen LogP contribution in [-0.2, 0) is 0 Å². The quantitative estimate of drug-likeness (QED) is 0.859. The molecule has 1 aliphatic rings. The standard InChI is InChI=1S/C12H16N4S/c1-2-5-9(13-7-3-1)11-14-12(16-15-11)10-6-4-8-17-10/h4,6,8-9,13H,1-3,5,7H2,(H,14,15,16). The molecule has 0 radical (unpaired) electrons. The summed E-state index contributed by atoms with van der Waals surface area (Å²) in [7, 11) is 0. The SMILES string of the molecule is c1csc(-c2n[nH]c(C3CCCCCN3)n2)c1. The van der Waals surface area contributed by atoms with Crippen LogP contribution in [0.25, 0.3) is 10.7 Å². The summed E-state index contributed by atoms with van der Waals surface area (Å²) in [5, 5.41) is 13.0. The zero-order valence-corrected chi connectivity index (χ0v) is 10.5. The third kappa shape index (κ3) is 2.40. The summed E-state index contributed by atoms with van der Waals surface area (Å²) in [6.07, 6.45) is 5.00. The Labute approximate surface area is 104 Å². The summed E-state index contributed by atoms with van der Waals surface area (Å²) in [6.45, 7) is 1.08. The van der Waals surface area contributed by atoms with Gasteiger partial charge >= 0.3 is 0 Å². The van der Waals surface area contributed by atoms with Crippen LogP contribution in [0, 0.1) is 0 Å². The average Bonchev–Trinajstić information content (AvgIpc) is 2.95. The van der Waals surface area contributed by atoms with E-state index < -0.39 is 0 Å². The van der Waals surface area contributed by atoms with E-state index in [4.69, 9.17) is 0 Å². The van der Waals surface area contributed by atoms with Crippen LogP contribution in [0.4, 0.5) is 0 Å². The van der Waals surface area contributed by atoms with Crippen LogP contribution in [0.3, 0.4) is 0 Å². The first kappa shape index (κ1) is 10.9. The summed E-state index contributed by atoms with van der Waals surface area (Å²) in [6, 6.07) is 4.43. The maximum atomic E-state index is 4.60. The molecule has 2 aromatic heterocycles. The van der Waals surface area contributed by atoms with E-state index in [-0.39, 0.29) is 0 Å². The molecule has 17 heavy (non-hydrogen) atoms. The molecule has 0 spiro atoms. The van der Waals surface area contributed by atoms with E-state index in [0.29, 0.717) is 6.04 Å². The maximum absolute atomic E-state index is 4.60. The molecule has 0 bridgehead atoms. The van der Waals surface area contributed by atoms with Crippen molar-refractivity contribution in [3.63, 3.8) is 0 Å². The van der Waals surface area contributed by atoms with Gasteiger partial charge in [-0.05, 0) is 30.8 Å². The molecule has 0 amide bonds. The van der Waals surface area contributed by atoms with Crippen molar-refractivity contribution >= 4 is 11.3 Å². The number of thiophene rings is 1. The number of nitrogens with zero attached hydrogens (tertiary/aromatic N) is 2. The molecule has 4 nitrogen and oxygen atoms in total. The highest BCUT2D eigenvalue weighted by molar-refractivity contribution is 7.13. The average molecular weight is 248 g/mol. The number of hydrogen-bond acceptors (Lipinski definition) is 4. The molecule has 1 aliphatic heterocycles. The van der Waals surface area contributed by atoms with Crippen molar-refractivity contribution in [2.75, 3.05) is 6.54 Å². The van der Waals surface area contributed by atoms with Gasteiger partial charge in [-0.1, -0.05) is 18.9 Å². The van der Waals surface area contributed by atoms with Crippen LogP contribution in [0.1, 0.15) is 37.5 Å². The zero-order chi connectivity index (χ0) is 11.5. The summed E-state index contributed by atoms with van der Waals surface area (Å²) in [5.41, 5.74) is 0. The second-order valence-corrected chi connectivity index (χ2v) is 5.33. The summed E-state index contributed by atoms with van der Waals surface area (Å²) in [4.78, 5) is 5.73. The van der Waals surface area contributed by atoms with E-state index in [0.717, 1.165) is 29.5 Å². The van der Waals surface area contributed by atoms with Crippen molar-refractivity contribution in [1.29, 1.82) is 0 Å². The first-order valence-corrected chi connectivity index (χ1v) is 7.01. The summed E-state index contributed by atoms with van der Waals surface area (Å²) >= 11 is 1.67. The number of aromatic nitrogens is 3. The molecule has 0 saturated carbocycles. The lowest BCUT2D eigenvalue weighted by atomic mass is 10.1. The molecular formula is C12H16N4S. The van der Waals surface area contributed by atoms with Gasteiger partial charge in [0.25, 0.3) is 0 Å². The van der Waals surface area contributed by atoms with Gasteiger partial charge in [-0.2, -0.15) is 5.10 Å². The Morgan fingerprint density at radius 3 is 3.18 bits per heavy atom. The lowest BCUT2D eigenvalue weighted by molar-refractivity contribution is 0.509. The summed E-state index contributed by atoms with van der Waals surface area (Å²) < 4.78 is 0. The van der Waals surface area contributed by atoms with Crippen molar-refractivity contribution in [3.05, 3.63) is 23.3 Å². The molecular weight excluding hydrogens is 232 g/mol. The van der Waals surface area contributed by atoms with Crippen LogP contribution in [0.2, 0.25) is 0 Å². The smallest absolute Gasteiger partial charge is 0.191 e. The number of hydrogen-bond donors (Lipinski definition) is 2. The Hall–Kier alpha value is -1.20. The lowest BCUT2D eigenvalue weighted by Crippen LogP contribution is -2.21. The van der Waals surface area contributed by atoms with Crippen molar-refractivity contribution in [1.82, 2.24) is 20.5 Å². The maximum Gasteiger partial charge on any atom is 0.191 e. The first-order valence-electron chi connectivity index (χ1n) is 6.13. The number of H-pyrrole nitrogens is 1. The number of rotatable bonds is 2. The topological polar surface area (TPSA) is 53.6 Å². The van der Waals surface area contributed by atoms with E-state index >= 15 is 0 Å². The van der Waals surface area contributed by atoms with Crippen molar-refractivity contribution in [3.8, 4) is 10.7 Å². The van der Waals surface area contributed by atoms with Gasteiger partial charge in [-0.3, -0.25) is 5.10 Å². The van der Waals surface area contributed by atoms with Gasteiger partial charge in [0.2, 0.25) is 0 Å². The van der Waals surface area contributed by atoms with Crippen LogP contribution >= 0.6 is 11.3 Å². The minimum Gasteiger partial charge on any atom is -0.307 e. The highest BCUT2D eigenvalue weighted by atomic mass is 32.1. The highest BCUT2D eigenvalue weighted by Crippen LogP contribution is 2.24. The van der Waals surface area contributed by atoms with E-state index in [9.17, 15) is 0 Å². The Balaban J connectivity index is 1.79. The van der Waals surface area contributed by atoms with Gasteiger partial charge in [0, 0.05) is 0 Å². The molecule has 2 aromatic rings. The second kappa shape index (κ2) is 4.98. The van der Waals surface area contributed by atoms with Crippen LogP contribution in [0.15, 0.2) is 17.5 Å². The second-order valence-electron chi connectivity index (χ2n) is 4.38. The molecule has 1 atom stereocenters. The minimum atomic E-state index is 0.346. The molecule has 1 unspecified atom stereocenters. The van der Waals surface area contributed by atoms with Gasteiger partial charge in [0.1, 0.15) is 5.82 Å². The molecule has 0 aromatic carbocycles. The number of aromatic amines is 1. The zero-order valence-electron chi connectivity index (χ0n) is 9.65. The van der Waals surface area contributed by atoms with E-state index in [2.05, 4.69) is 31.9 Å². The van der Waals surface area contributed by atoms with Crippen molar-refractivity contribution < 1.29 is 0 Å². The van der Waals surface area contributed by atoms with Gasteiger partial charge in [-0.15, -0.1) is 11.3 Å². The Morgan fingerprint density at radius 2 is 2.29 bits per heavy atom. The molecule has 2 N–H and O–H groups in total. The fourth-order valence-corrected chi connectivity index (χ4v) is 2.87. The first-order chi connectivity index (χ1) is 8.43. The van der Waals surface area contributed by atoms with Gasteiger partial charge in [0.15, 0.2) is 5.82 Å². The van der Waals surface area contributed by atoms with Gasteiger partial charge < -0.3 is 5.32 Å². The fraction of sp³-hybridized carbons (Fsp3) is 0.500. The third-order valence-corrected chi connectivity index (χ3v) is 4.00. The van der Waals surface area contributed by atoms with Gasteiger partial charge in [-0.25, -0.2) is 4.98 Å². The molecule has 5 heteroatoms. The molecule has 3 heterocycles. The predicted molar refractivity (Wildman–Crippen MR) is 68.9 cm³/mol. The summed E-state index contributed by atoms with van der Waals surface area (Å²) in [5.74, 6) is 1.80. The highest BCUT2D eigenvalue weighted by Gasteiger charge is 2.18. The monoisotopic (exact) mass is 248 g/mol. The molecule has 3 rings (SSSR count). The third-order valence-electron chi connectivity index (χ3n) is 3.13. The lowest BCUT2D eigenvalue weighted by Gasteiger charge is -2.11. The molecule has 1 fully saturated rings. The van der Waals surface area contributed by atoms with Crippen LogP contribution in [-0.4, -0.2) is 21.7 Å². The van der Waals surface area contributed by atoms with Crippen molar-refractivity contribution in [2.45, 2.75) is 31.7 Å². The van der Waals surface area contributed by atoms with Gasteiger partial charge in [0.05, 0.1) is 10.9 Å². The Kier molecular flexibility index (Phi) is 3.20. The molecule has 1 saturated heterocycles. The van der Waals surface area contributed by atoms with E-state index in [1.165, 1.54) is 19.3 Å². The number of nitrogens with one attached hydrogen (secondary N) is 2. The largest absolute Gasteiger partial charge is 0.307 e. The fourth-order valence-electron chi connectivity index (χ4n) is 2.21. The van der Waals surface area contributed by atoms with Crippen molar-refractivity contribution in [2.24, 2.45) is 0 Å². The van der Waals surface area contributed by atoms with E-state index in [1.54, 1.807) is 11.3 Å². The Bertz CT molecular complexity index is 455. The normalized spacial score (nSPS) is 21.3.